The van der Waals surface area contributed by atoms with Gasteiger partial charge in [-0.15, -0.1) is 0 Å². The highest BCUT2D eigenvalue weighted by Gasteiger charge is 2.56. The van der Waals surface area contributed by atoms with Gasteiger partial charge < -0.3 is 25.2 Å². The predicted octanol–water partition coefficient (Wildman–Crippen LogP) is 5.56. The number of carbonyl (C=O) groups excluding carboxylic acids is 3. The molecule has 4 atom stereocenters. The molecule has 1 saturated carbocycles. The molecule has 0 aliphatic heterocycles. The number of Topliss-reactive ketones (excluding diaryl/α,β-unsaturated/α-hetero) is 1. The van der Waals surface area contributed by atoms with Crippen molar-refractivity contribution in [2.24, 2.45) is 11.8 Å². The third-order valence-corrected chi connectivity index (χ3v) is 7.59. The van der Waals surface area contributed by atoms with Gasteiger partial charge in [-0.2, -0.15) is 0 Å². The van der Waals surface area contributed by atoms with E-state index in [1.807, 2.05) is 19.1 Å². The Hall–Kier alpha value is -3.69. The minimum Gasteiger partial charge on any atom is -0.493 e. The van der Waals surface area contributed by atoms with Gasteiger partial charge in [-0.3, -0.25) is 14.4 Å². The summed E-state index contributed by atoms with van der Waals surface area (Å²) in [5.74, 6) is -4.12. The first-order valence-electron chi connectivity index (χ1n) is 13.1. The smallest absolute Gasteiger partial charge is 0.235 e. The summed E-state index contributed by atoms with van der Waals surface area (Å²) in [5.41, 5.74) is -0.210. The Morgan fingerprint density at radius 3 is 2.12 bits per heavy atom. The van der Waals surface area contributed by atoms with E-state index in [1.165, 1.54) is 14.0 Å². The summed E-state index contributed by atoms with van der Waals surface area (Å²) in [7, 11) is 1.49. The van der Waals surface area contributed by atoms with Gasteiger partial charge in [-0.05, 0) is 71.2 Å². The van der Waals surface area contributed by atoms with Gasteiger partial charge in [0.2, 0.25) is 11.8 Å². The van der Waals surface area contributed by atoms with Gasteiger partial charge in [0.25, 0.3) is 0 Å². The van der Waals surface area contributed by atoms with E-state index >= 15 is 0 Å². The molecule has 8 nitrogen and oxygen atoms in total. The summed E-state index contributed by atoms with van der Waals surface area (Å²) in [5, 5.41) is 17.2. The van der Waals surface area contributed by atoms with Gasteiger partial charge in [0, 0.05) is 23.7 Å². The molecule has 0 bridgehead atoms. The molecule has 2 amide bonds. The number of aliphatic hydroxyl groups is 1. The van der Waals surface area contributed by atoms with Gasteiger partial charge in [0.1, 0.15) is 11.7 Å². The fraction of sp³-hybridized carbons (Fsp3) is 0.323. The second-order valence-corrected chi connectivity index (χ2v) is 10.9. The number of halogens is 1. The van der Waals surface area contributed by atoms with Gasteiger partial charge in [-0.25, -0.2) is 0 Å². The zero-order valence-corrected chi connectivity index (χ0v) is 24.2. The number of nitrogens with one attached hydrogen (secondary N) is 2. The molecule has 0 spiro atoms. The molecule has 3 N–H and O–H groups in total. The molecule has 0 saturated heterocycles. The van der Waals surface area contributed by atoms with Crippen molar-refractivity contribution in [2.45, 2.75) is 38.2 Å². The van der Waals surface area contributed by atoms with E-state index in [-0.39, 0.29) is 6.42 Å². The molecular formula is C31H33BrN2O6. The van der Waals surface area contributed by atoms with E-state index in [9.17, 15) is 19.5 Å². The van der Waals surface area contributed by atoms with E-state index in [4.69, 9.17) is 9.47 Å². The molecule has 4 unspecified atom stereocenters. The second-order valence-electron chi connectivity index (χ2n) is 10.1. The zero-order valence-electron chi connectivity index (χ0n) is 22.6. The van der Waals surface area contributed by atoms with Crippen LogP contribution in [0.5, 0.6) is 11.5 Å². The van der Waals surface area contributed by atoms with E-state index < -0.39 is 41.0 Å². The van der Waals surface area contributed by atoms with Gasteiger partial charge in [0.15, 0.2) is 11.5 Å². The Bertz CT molecular complexity index is 1360. The minimum absolute atomic E-state index is 0.362. The highest BCUT2D eigenvalue weighted by atomic mass is 79.9. The molecule has 1 fully saturated rings. The number of rotatable bonds is 9. The van der Waals surface area contributed by atoms with Gasteiger partial charge >= 0.3 is 0 Å². The summed E-state index contributed by atoms with van der Waals surface area (Å²) < 4.78 is 12.0. The van der Waals surface area contributed by atoms with Crippen LogP contribution in [0.25, 0.3) is 0 Å². The van der Waals surface area contributed by atoms with Crippen LogP contribution in [0.3, 0.4) is 0 Å². The molecule has 4 rings (SSSR count). The van der Waals surface area contributed by atoms with E-state index in [1.54, 1.807) is 60.7 Å². The van der Waals surface area contributed by atoms with E-state index in [2.05, 4.69) is 26.6 Å². The molecule has 9 heteroatoms. The average molecular weight is 610 g/mol. The summed E-state index contributed by atoms with van der Waals surface area (Å²) in [6.45, 7) is 3.90. The van der Waals surface area contributed by atoms with Crippen LogP contribution in [0.2, 0.25) is 0 Å². The number of methoxy groups -OCH3 is 1. The van der Waals surface area contributed by atoms with Crippen LogP contribution in [0, 0.1) is 11.8 Å². The number of ether oxygens (including phenoxy) is 2. The van der Waals surface area contributed by atoms with Crippen LogP contribution in [-0.2, 0) is 14.4 Å². The Morgan fingerprint density at radius 1 is 1.00 bits per heavy atom. The lowest BCUT2D eigenvalue weighted by molar-refractivity contribution is -0.150. The zero-order chi connectivity index (χ0) is 28.9. The van der Waals surface area contributed by atoms with Crippen LogP contribution in [0.15, 0.2) is 77.3 Å². The van der Waals surface area contributed by atoms with Crippen molar-refractivity contribution >= 4 is 44.9 Å². The van der Waals surface area contributed by atoms with E-state index in [0.717, 1.165) is 6.42 Å². The average Bonchev–Trinajstić information content (AvgIpc) is 2.92. The Morgan fingerprint density at radius 2 is 1.57 bits per heavy atom. The number of carbonyl (C=O) groups is 3. The predicted molar refractivity (Wildman–Crippen MR) is 157 cm³/mol. The summed E-state index contributed by atoms with van der Waals surface area (Å²) >= 11 is 3.55. The number of anilines is 2. The maximum absolute atomic E-state index is 13.9. The highest BCUT2D eigenvalue weighted by molar-refractivity contribution is 9.10. The third kappa shape index (κ3) is 6.37. The highest BCUT2D eigenvalue weighted by Crippen LogP contribution is 2.49. The second kappa shape index (κ2) is 12.7. The van der Waals surface area contributed by atoms with E-state index in [0.29, 0.717) is 39.5 Å². The van der Waals surface area contributed by atoms with Crippen molar-refractivity contribution < 1.29 is 29.0 Å². The Kier molecular flexibility index (Phi) is 9.27. The van der Waals surface area contributed by atoms with Crippen molar-refractivity contribution in [3.05, 3.63) is 82.8 Å². The lowest BCUT2D eigenvalue weighted by Gasteiger charge is -2.44. The molecule has 0 radical (unpaired) electrons. The number of amides is 2. The number of benzene rings is 3. The van der Waals surface area contributed by atoms with Crippen LogP contribution in [-0.4, -0.2) is 42.0 Å². The van der Waals surface area contributed by atoms with Crippen molar-refractivity contribution in [1.82, 2.24) is 0 Å². The summed E-state index contributed by atoms with van der Waals surface area (Å²) in [6.07, 6.45) is 0.417. The fourth-order valence-corrected chi connectivity index (χ4v) is 5.83. The molecule has 3 aromatic rings. The summed E-state index contributed by atoms with van der Waals surface area (Å²) in [6, 6.07) is 21.0. The largest absolute Gasteiger partial charge is 0.493 e. The first-order valence-corrected chi connectivity index (χ1v) is 13.9. The molecule has 40 heavy (non-hydrogen) atoms. The molecule has 1 aliphatic carbocycles. The monoisotopic (exact) mass is 608 g/mol. The minimum atomic E-state index is -1.73. The fourth-order valence-electron chi connectivity index (χ4n) is 5.25. The van der Waals surface area contributed by atoms with Crippen molar-refractivity contribution in [3.8, 4) is 11.5 Å². The number of para-hydroxylation sites is 2. The molecule has 0 heterocycles. The topological polar surface area (TPSA) is 114 Å². The van der Waals surface area contributed by atoms with Crippen LogP contribution in [0.4, 0.5) is 11.4 Å². The quantitative estimate of drug-likeness (QED) is 0.274. The molecule has 0 aromatic heterocycles. The molecule has 1 aliphatic rings. The van der Waals surface area contributed by atoms with Crippen LogP contribution < -0.4 is 20.1 Å². The lowest BCUT2D eigenvalue weighted by atomic mass is 9.61. The lowest BCUT2D eigenvalue weighted by Crippen LogP contribution is -2.56. The first kappa shape index (κ1) is 29.3. The summed E-state index contributed by atoms with van der Waals surface area (Å²) in [4.78, 5) is 41.2. The SMILES string of the molecule is CCCOc1c(Br)cc(C2C(C(=O)Nc3ccccc3)C(=O)CC(C)(O)C2C(=O)Nc2ccccc2)cc1OC. The molecule has 210 valence electrons. The first-order chi connectivity index (χ1) is 19.2. The standard InChI is InChI=1S/C31H33BrN2O6/c1-4-15-40-28-22(32)16-19(17-24(28)39-3)25-26(29(36)33-20-11-7-5-8-12-20)23(35)18-31(2,38)27(25)30(37)34-21-13-9-6-10-14-21/h5-14,16-17,25-27,38H,4,15,18H2,1-3H3,(H,33,36)(H,34,37). The maximum atomic E-state index is 13.9. The van der Waals surface area contributed by atoms with Crippen LogP contribution in [0.1, 0.15) is 38.2 Å². The Labute approximate surface area is 242 Å². The molecule has 3 aromatic carbocycles. The number of hydrogen-bond donors (Lipinski definition) is 3. The van der Waals surface area contributed by atoms with Crippen molar-refractivity contribution in [2.75, 3.05) is 24.4 Å². The van der Waals surface area contributed by atoms with Crippen LogP contribution >= 0.6 is 15.9 Å². The number of hydrogen-bond acceptors (Lipinski definition) is 6. The Balaban J connectivity index is 1.84. The van der Waals surface area contributed by atoms with Crippen molar-refractivity contribution in [1.29, 1.82) is 0 Å². The third-order valence-electron chi connectivity index (χ3n) is 7.00. The van der Waals surface area contributed by atoms with Gasteiger partial charge in [0.05, 0.1) is 29.7 Å². The maximum Gasteiger partial charge on any atom is 0.235 e. The normalized spacial score (nSPS) is 22.3. The van der Waals surface area contributed by atoms with Crippen molar-refractivity contribution in [3.63, 3.8) is 0 Å². The van der Waals surface area contributed by atoms with Gasteiger partial charge in [-0.1, -0.05) is 43.3 Å². The molecular weight excluding hydrogens is 576 g/mol. The number of ketones is 1.